The van der Waals surface area contributed by atoms with Gasteiger partial charge in [-0.1, -0.05) is 67.3 Å². The highest BCUT2D eigenvalue weighted by Crippen LogP contribution is 2.17. The molecule has 0 fully saturated rings. The van der Waals surface area contributed by atoms with Crippen molar-refractivity contribution in [2.75, 3.05) is 18.6 Å². The lowest BCUT2D eigenvalue weighted by Gasteiger charge is -2.00. The second-order valence-corrected chi connectivity index (χ2v) is 4.83. The van der Waals surface area contributed by atoms with Gasteiger partial charge in [-0.05, 0) is 23.3 Å². The van der Waals surface area contributed by atoms with Crippen LogP contribution in [0.2, 0.25) is 0 Å². The Kier molecular flexibility index (Phi) is 7.58. The van der Waals surface area contributed by atoms with Crippen molar-refractivity contribution in [2.24, 2.45) is 10.1 Å². The third-order valence-corrected chi connectivity index (χ3v) is 3.10. The van der Waals surface area contributed by atoms with Gasteiger partial charge in [0.05, 0.1) is 12.2 Å². The Balaban J connectivity index is 0.000000141. The third-order valence-electron chi connectivity index (χ3n) is 3.10. The summed E-state index contributed by atoms with van der Waals surface area (Å²) in [5, 5.41) is 3.95. The summed E-state index contributed by atoms with van der Waals surface area (Å²) in [5.41, 5.74) is 6.33. The van der Waals surface area contributed by atoms with E-state index in [2.05, 4.69) is 26.8 Å². The first-order valence-electron chi connectivity index (χ1n) is 7.72. The second-order valence-electron chi connectivity index (χ2n) is 4.83. The van der Waals surface area contributed by atoms with Crippen LogP contribution in [-0.2, 0) is 4.74 Å². The minimum atomic E-state index is 0.778. The van der Waals surface area contributed by atoms with Crippen LogP contribution < -0.4 is 5.43 Å². The molecular weight excluding hydrogens is 298 g/mol. The molecule has 2 aromatic rings. The molecule has 2 aliphatic heterocycles. The number of benzene rings is 2. The van der Waals surface area contributed by atoms with Crippen molar-refractivity contribution in [1.82, 2.24) is 0 Å². The molecule has 0 spiro atoms. The van der Waals surface area contributed by atoms with Crippen molar-refractivity contribution in [3.8, 4) is 0 Å². The van der Waals surface area contributed by atoms with E-state index < -0.39 is 0 Å². The highest BCUT2D eigenvalue weighted by atomic mass is 16.5. The second kappa shape index (κ2) is 10.6. The fourth-order valence-electron chi connectivity index (χ4n) is 1.89. The predicted molar refractivity (Wildman–Crippen MR) is 103 cm³/mol. The maximum Gasteiger partial charge on any atom is 0.169 e. The summed E-state index contributed by atoms with van der Waals surface area (Å²) in [6, 6.07) is 18.1. The minimum absolute atomic E-state index is 0.778. The monoisotopic (exact) mass is 319 g/mol. The van der Waals surface area contributed by atoms with Crippen LogP contribution in [0.3, 0.4) is 0 Å². The Morgan fingerprint density at radius 2 is 1.83 bits per heavy atom. The first-order valence-corrected chi connectivity index (χ1v) is 7.72. The lowest BCUT2D eigenvalue weighted by Crippen LogP contribution is -1.87. The normalized spacial score (nSPS) is 13.0. The zero-order valence-electron chi connectivity index (χ0n) is 13.5. The van der Waals surface area contributed by atoms with Crippen LogP contribution in [0.25, 0.3) is 12.2 Å². The van der Waals surface area contributed by atoms with E-state index in [1.54, 1.807) is 6.21 Å². The highest BCUT2D eigenvalue weighted by molar-refractivity contribution is 5.83. The number of aliphatic imine (C=N–C) groups is 1. The molecule has 122 valence electrons. The highest BCUT2D eigenvalue weighted by Gasteiger charge is 1.96. The van der Waals surface area contributed by atoms with Crippen LogP contribution in [0.1, 0.15) is 11.1 Å². The van der Waals surface area contributed by atoms with Crippen molar-refractivity contribution in [3.63, 3.8) is 0 Å². The molecule has 0 radical (unpaired) electrons. The van der Waals surface area contributed by atoms with Crippen LogP contribution in [0, 0.1) is 0 Å². The fraction of sp³-hybridized carbons (Fsp3) is 0.100. The lowest BCUT2D eigenvalue weighted by atomic mass is 10.2. The number of ether oxygens (including phenoxy) is 1. The van der Waals surface area contributed by atoms with Gasteiger partial charge < -0.3 is 4.74 Å². The number of hydrogen-bond acceptors (Lipinski definition) is 4. The maximum atomic E-state index is 4.65. The average molecular weight is 319 g/mol. The smallest absolute Gasteiger partial charge is 0.169 e. The van der Waals surface area contributed by atoms with Gasteiger partial charge >= 0.3 is 0 Å². The number of nitrogens with zero attached hydrogens (tertiary/aromatic N) is 2. The van der Waals surface area contributed by atoms with Crippen molar-refractivity contribution in [1.29, 1.82) is 0 Å². The van der Waals surface area contributed by atoms with Gasteiger partial charge in [0.1, 0.15) is 6.61 Å². The summed E-state index contributed by atoms with van der Waals surface area (Å²) in [7, 11) is 0. The summed E-state index contributed by atoms with van der Waals surface area (Å²) in [5.74, 6) is 0. The maximum absolute atomic E-state index is 4.65. The van der Waals surface area contributed by atoms with Crippen LogP contribution in [0.15, 0.2) is 77.3 Å². The molecule has 0 unspecified atom stereocenters. The van der Waals surface area contributed by atoms with E-state index in [4.69, 9.17) is 0 Å². The quantitative estimate of drug-likeness (QED) is 0.842. The molecule has 4 nitrogen and oxygen atoms in total. The van der Waals surface area contributed by atoms with Crippen molar-refractivity contribution < 1.29 is 4.74 Å². The topological polar surface area (TPSA) is 46.0 Å². The average Bonchev–Trinajstić information content (AvgIpc) is 3.15. The Bertz CT molecular complexity index is 700. The molecule has 0 bridgehead atoms. The molecular formula is C20H21N3O. The molecule has 0 saturated heterocycles. The van der Waals surface area contributed by atoms with E-state index in [0.29, 0.717) is 0 Å². The van der Waals surface area contributed by atoms with Gasteiger partial charge in [0, 0.05) is 6.21 Å². The first-order chi connectivity index (χ1) is 11.9. The number of allylic oxidation sites excluding steroid dienone is 1. The van der Waals surface area contributed by atoms with Gasteiger partial charge in [-0.2, -0.15) is 5.10 Å². The van der Waals surface area contributed by atoms with Crippen molar-refractivity contribution >= 4 is 30.5 Å². The SMILES string of the molecule is C1=Cc2ccccc2NN=C1.C1=NCCO1.C=Cc1ccccc1. The number of rotatable bonds is 1. The number of fused-ring (bicyclic) bond motifs is 1. The summed E-state index contributed by atoms with van der Waals surface area (Å²) < 4.78 is 4.65. The van der Waals surface area contributed by atoms with Gasteiger partial charge in [0.25, 0.3) is 0 Å². The molecule has 24 heavy (non-hydrogen) atoms. The fourth-order valence-corrected chi connectivity index (χ4v) is 1.89. The molecule has 2 aromatic carbocycles. The van der Waals surface area contributed by atoms with E-state index in [0.717, 1.165) is 18.8 Å². The largest absolute Gasteiger partial charge is 0.482 e. The Hall–Kier alpha value is -3.14. The molecule has 0 aromatic heterocycles. The van der Waals surface area contributed by atoms with Gasteiger partial charge in [0.2, 0.25) is 0 Å². The zero-order valence-corrected chi connectivity index (χ0v) is 13.5. The molecule has 0 atom stereocenters. The zero-order chi connectivity index (χ0) is 16.9. The van der Waals surface area contributed by atoms with Crippen LogP contribution >= 0.6 is 0 Å². The Morgan fingerprint density at radius 1 is 1.04 bits per heavy atom. The Morgan fingerprint density at radius 3 is 2.46 bits per heavy atom. The molecule has 0 aliphatic carbocycles. The molecule has 0 amide bonds. The summed E-state index contributed by atoms with van der Waals surface area (Å²) >= 11 is 0. The van der Waals surface area contributed by atoms with E-state index in [-0.39, 0.29) is 0 Å². The summed E-state index contributed by atoms with van der Waals surface area (Å²) in [4.78, 5) is 3.74. The van der Waals surface area contributed by atoms with Crippen LogP contribution in [0.4, 0.5) is 5.69 Å². The van der Waals surface area contributed by atoms with Gasteiger partial charge in [-0.15, -0.1) is 0 Å². The van der Waals surface area contributed by atoms with Crippen molar-refractivity contribution in [2.45, 2.75) is 0 Å². The van der Waals surface area contributed by atoms with E-state index in [9.17, 15) is 0 Å². The first kappa shape index (κ1) is 17.2. The molecule has 2 heterocycles. The number of hydrogen-bond donors (Lipinski definition) is 1. The molecule has 4 heteroatoms. The van der Waals surface area contributed by atoms with Gasteiger partial charge in [0.15, 0.2) is 6.40 Å². The van der Waals surface area contributed by atoms with E-state index in [1.807, 2.05) is 72.8 Å². The molecule has 4 rings (SSSR count). The van der Waals surface area contributed by atoms with Gasteiger partial charge in [-0.25, -0.2) is 0 Å². The number of anilines is 1. The number of nitrogens with one attached hydrogen (secondary N) is 1. The molecule has 1 N–H and O–H groups in total. The predicted octanol–water partition coefficient (Wildman–Crippen LogP) is 4.49. The Labute approximate surface area is 142 Å². The van der Waals surface area contributed by atoms with Crippen molar-refractivity contribution in [3.05, 3.63) is 78.4 Å². The standard InChI is InChI=1S/C9H8N2.C8H8.C3H5NO/c1-2-6-9-8(4-1)5-3-7-10-11-9;1-2-8-6-4-3-5-7-8;1-2-5-3-4-1/h1-7,11H;2-7H,1H2;3H,1-2H2. The summed E-state index contributed by atoms with van der Waals surface area (Å²) in [6.07, 6.45) is 9.00. The number of para-hydroxylation sites is 1. The van der Waals surface area contributed by atoms with E-state index in [1.165, 1.54) is 17.5 Å². The van der Waals surface area contributed by atoms with E-state index >= 15 is 0 Å². The minimum Gasteiger partial charge on any atom is -0.482 e. The lowest BCUT2D eigenvalue weighted by molar-refractivity contribution is 0.361. The molecule has 0 saturated carbocycles. The third kappa shape index (κ3) is 6.32. The van der Waals surface area contributed by atoms with Crippen LogP contribution in [-0.4, -0.2) is 25.8 Å². The van der Waals surface area contributed by atoms with Gasteiger partial charge in [-0.3, -0.25) is 10.4 Å². The number of hydrazone groups is 1. The molecule has 2 aliphatic rings. The van der Waals surface area contributed by atoms with Crippen LogP contribution in [0.5, 0.6) is 0 Å². The summed E-state index contributed by atoms with van der Waals surface area (Å²) in [6.45, 7) is 5.26.